The Bertz CT molecular complexity index is 690. The van der Waals surface area contributed by atoms with E-state index in [-0.39, 0.29) is 17.4 Å². The molecule has 0 N–H and O–H groups in total. The number of esters is 2. The molecule has 6 unspecified atom stereocenters. The van der Waals surface area contributed by atoms with Gasteiger partial charge in [-0.15, -0.1) is 0 Å². The summed E-state index contributed by atoms with van der Waals surface area (Å²) >= 11 is 0. The highest BCUT2D eigenvalue weighted by Crippen LogP contribution is 2.64. The van der Waals surface area contributed by atoms with Crippen molar-refractivity contribution in [2.24, 2.45) is 34.5 Å². The first-order valence-electron chi connectivity index (χ1n) is 9.55. The van der Waals surface area contributed by atoms with Crippen molar-refractivity contribution >= 4 is 11.9 Å². The highest BCUT2D eigenvalue weighted by Gasteiger charge is 2.60. The van der Waals surface area contributed by atoms with Gasteiger partial charge in [0.2, 0.25) is 0 Å². The smallest absolute Gasteiger partial charge is 0.336 e. The predicted molar refractivity (Wildman–Crippen MR) is 93.2 cm³/mol. The standard InChI is InChI=1S/C21H28O4/c1-12-13-6-7-17-20(2,8-5-9-21(17,3)19(23)24-4)15(13)11-16-14(12)10-18(22)25-16/h10-13,15,17H,5-9H2,1-4H3. The molecule has 0 amide bonds. The van der Waals surface area contributed by atoms with Crippen LogP contribution in [0.2, 0.25) is 0 Å². The molecular formula is C21H28O4. The lowest BCUT2D eigenvalue weighted by Gasteiger charge is -2.60. The summed E-state index contributed by atoms with van der Waals surface area (Å²) in [6, 6.07) is 0. The van der Waals surface area contributed by atoms with Gasteiger partial charge in [0, 0.05) is 11.6 Å². The highest BCUT2D eigenvalue weighted by molar-refractivity contribution is 5.88. The third kappa shape index (κ3) is 2.18. The van der Waals surface area contributed by atoms with Crippen molar-refractivity contribution in [2.75, 3.05) is 7.11 Å². The predicted octanol–water partition coefficient (Wildman–Crippen LogP) is 4.02. The number of fused-ring (bicyclic) bond motifs is 4. The zero-order valence-corrected chi connectivity index (χ0v) is 15.6. The maximum atomic E-state index is 12.6. The molecule has 0 aromatic carbocycles. The van der Waals surface area contributed by atoms with E-state index in [1.165, 1.54) is 7.11 Å². The van der Waals surface area contributed by atoms with E-state index in [4.69, 9.17) is 9.47 Å². The molecule has 2 fully saturated rings. The molecule has 0 aromatic heterocycles. The summed E-state index contributed by atoms with van der Waals surface area (Å²) < 4.78 is 10.7. The van der Waals surface area contributed by atoms with Crippen molar-refractivity contribution in [3.63, 3.8) is 0 Å². The number of rotatable bonds is 1. The zero-order chi connectivity index (χ0) is 18.0. The quantitative estimate of drug-likeness (QED) is 0.674. The summed E-state index contributed by atoms with van der Waals surface area (Å²) in [5, 5.41) is 0. The largest absolute Gasteiger partial charge is 0.469 e. The van der Waals surface area contributed by atoms with Crippen molar-refractivity contribution in [3.8, 4) is 0 Å². The van der Waals surface area contributed by atoms with Crippen molar-refractivity contribution in [3.05, 3.63) is 23.5 Å². The van der Waals surface area contributed by atoms with Gasteiger partial charge in [-0.05, 0) is 67.8 Å². The minimum Gasteiger partial charge on any atom is -0.469 e. The Morgan fingerprint density at radius 1 is 1.28 bits per heavy atom. The lowest BCUT2D eigenvalue weighted by molar-refractivity contribution is -0.172. The molecule has 0 bridgehead atoms. The van der Waals surface area contributed by atoms with Crippen LogP contribution in [0.1, 0.15) is 52.9 Å². The Labute approximate surface area is 149 Å². The van der Waals surface area contributed by atoms with Crippen LogP contribution in [0.4, 0.5) is 0 Å². The summed E-state index contributed by atoms with van der Waals surface area (Å²) in [6.45, 7) is 6.68. The fourth-order valence-corrected chi connectivity index (χ4v) is 6.61. The SMILES string of the molecule is COC(=O)C1(C)CCCC2(C)C3C=C4OC(=O)C=C4C(C)C3CCC12. The summed E-state index contributed by atoms with van der Waals surface area (Å²) in [5.41, 5.74) is 0.711. The summed E-state index contributed by atoms with van der Waals surface area (Å²) in [6.07, 6.45) is 9.09. The number of methoxy groups -OCH3 is 1. The molecule has 0 aromatic rings. The van der Waals surface area contributed by atoms with Gasteiger partial charge in [-0.3, -0.25) is 4.79 Å². The molecule has 1 aliphatic heterocycles. The van der Waals surface area contributed by atoms with Gasteiger partial charge < -0.3 is 9.47 Å². The second kappa shape index (κ2) is 5.46. The molecule has 4 nitrogen and oxygen atoms in total. The lowest BCUT2D eigenvalue weighted by atomic mass is 9.44. The minimum atomic E-state index is -0.406. The van der Waals surface area contributed by atoms with Crippen LogP contribution in [0, 0.1) is 34.5 Å². The van der Waals surface area contributed by atoms with Crippen LogP contribution >= 0.6 is 0 Å². The van der Waals surface area contributed by atoms with E-state index in [0.29, 0.717) is 23.7 Å². The van der Waals surface area contributed by atoms with Crippen LogP contribution in [0.5, 0.6) is 0 Å². The fraction of sp³-hybridized carbons (Fsp3) is 0.714. The van der Waals surface area contributed by atoms with E-state index in [0.717, 1.165) is 43.4 Å². The van der Waals surface area contributed by atoms with Gasteiger partial charge in [-0.2, -0.15) is 0 Å². The number of allylic oxidation sites excluding steroid dienone is 2. The molecule has 4 heteroatoms. The molecule has 0 saturated heterocycles. The summed E-state index contributed by atoms with van der Waals surface area (Å²) in [7, 11) is 1.50. The molecule has 2 saturated carbocycles. The lowest BCUT2D eigenvalue weighted by Crippen LogP contribution is -2.56. The first kappa shape index (κ1) is 16.9. The van der Waals surface area contributed by atoms with Crippen LogP contribution in [0.15, 0.2) is 23.5 Å². The van der Waals surface area contributed by atoms with Gasteiger partial charge in [-0.25, -0.2) is 4.79 Å². The van der Waals surface area contributed by atoms with Crippen LogP contribution < -0.4 is 0 Å². The van der Waals surface area contributed by atoms with E-state index in [9.17, 15) is 9.59 Å². The maximum absolute atomic E-state index is 12.6. The number of ether oxygens (including phenoxy) is 2. The van der Waals surface area contributed by atoms with Crippen LogP contribution in [0.3, 0.4) is 0 Å². The summed E-state index contributed by atoms with van der Waals surface area (Å²) in [5.74, 6) is 1.98. The topological polar surface area (TPSA) is 52.6 Å². The van der Waals surface area contributed by atoms with Gasteiger partial charge in [0.15, 0.2) is 0 Å². The molecular weight excluding hydrogens is 316 g/mol. The molecule has 25 heavy (non-hydrogen) atoms. The molecule has 6 atom stereocenters. The fourth-order valence-electron chi connectivity index (χ4n) is 6.61. The zero-order valence-electron chi connectivity index (χ0n) is 15.6. The minimum absolute atomic E-state index is 0.0475. The summed E-state index contributed by atoms with van der Waals surface area (Å²) in [4.78, 5) is 24.4. The van der Waals surface area contributed by atoms with E-state index in [1.807, 2.05) is 0 Å². The third-order valence-corrected chi connectivity index (χ3v) is 7.87. The number of hydrogen-bond acceptors (Lipinski definition) is 4. The Kier molecular flexibility index (Phi) is 3.68. The maximum Gasteiger partial charge on any atom is 0.336 e. The van der Waals surface area contributed by atoms with Gasteiger partial charge in [0.25, 0.3) is 0 Å². The van der Waals surface area contributed by atoms with E-state index in [2.05, 4.69) is 26.8 Å². The molecule has 3 aliphatic carbocycles. The van der Waals surface area contributed by atoms with Gasteiger partial charge in [0.1, 0.15) is 5.76 Å². The average molecular weight is 344 g/mol. The van der Waals surface area contributed by atoms with Gasteiger partial charge >= 0.3 is 11.9 Å². The molecule has 136 valence electrons. The monoisotopic (exact) mass is 344 g/mol. The van der Waals surface area contributed by atoms with Crippen molar-refractivity contribution in [1.29, 1.82) is 0 Å². The third-order valence-electron chi connectivity index (χ3n) is 7.87. The van der Waals surface area contributed by atoms with Gasteiger partial charge in [0.05, 0.1) is 12.5 Å². The van der Waals surface area contributed by atoms with Crippen molar-refractivity contribution in [1.82, 2.24) is 0 Å². The second-order valence-corrected chi connectivity index (χ2v) is 8.93. The Hall–Kier alpha value is -1.58. The highest BCUT2D eigenvalue weighted by atomic mass is 16.5. The van der Waals surface area contributed by atoms with Crippen LogP contribution in [0.25, 0.3) is 0 Å². The van der Waals surface area contributed by atoms with Crippen LogP contribution in [-0.2, 0) is 19.1 Å². The molecule has 0 radical (unpaired) electrons. The Morgan fingerprint density at radius 2 is 2.04 bits per heavy atom. The van der Waals surface area contributed by atoms with Crippen molar-refractivity contribution in [2.45, 2.75) is 52.9 Å². The molecule has 1 heterocycles. The van der Waals surface area contributed by atoms with Gasteiger partial charge in [-0.1, -0.05) is 20.3 Å². The van der Waals surface area contributed by atoms with Crippen LogP contribution in [-0.4, -0.2) is 19.0 Å². The average Bonchev–Trinajstić information content (AvgIpc) is 2.95. The van der Waals surface area contributed by atoms with E-state index < -0.39 is 5.41 Å². The van der Waals surface area contributed by atoms with E-state index >= 15 is 0 Å². The molecule has 0 spiro atoms. The van der Waals surface area contributed by atoms with Crippen molar-refractivity contribution < 1.29 is 19.1 Å². The molecule has 4 aliphatic rings. The van der Waals surface area contributed by atoms with E-state index in [1.54, 1.807) is 6.08 Å². The number of carbonyl (C=O) groups excluding carboxylic acids is 2. The number of carbonyl (C=O) groups is 2. The Balaban J connectivity index is 1.76. The normalized spacial score (nSPS) is 45.4. The first-order valence-corrected chi connectivity index (χ1v) is 9.55. The Morgan fingerprint density at radius 3 is 2.76 bits per heavy atom. The number of hydrogen-bond donors (Lipinski definition) is 0. The molecule has 4 rings (SSSR count). The first-order chi connectivity index (χ1) is 11.8. The second-order valence-electron chi connectivity index (χ2n) is 8.93.